The molecular weight excluding hydrogens is 400 g/mol. The number of aryl methyl sites for hydroxylation is 1. The zero-order chi connectivity index (χ0) is 21.4. The molecule has 0 saturated heterocycles. The molecule has 9 heteroatoms. The lowest BCUT2D eigenvalue weighted by atomic mass is 10.2. The Labute approximate surface area is 173 Å². The van der Waals surface area contributed by atoms with Crippen LogP contribution in [0.2, 0.25) is 5.02 Å². The Morgan fingerprint density at radius 2 is 1.83 bits per heavy atom. The first-order chi connectivity index (χ1) is 13.8. The molecule has 0 aliphatic carbocycles. The van der Waals surface area contributed by atoms with E-state index in [1.165, 1.54) is 19.2 Å². The summed E-state index contributed by atoms with van der Waals surface area (Å²) in [6.45, 7) is 3.19. The van der Waals surface area contributed by atoms with Crippen LogP contribution >= 0.6 is 11.6 Å². The lowest BCUT2D eigenvalue weighted by Gasteiger charge is -2.12. The van der Waals surface area contributed by atoms with Crippen molar-refractivity contribution >= 4 is 40.9 Å². The number of nitrogens with one attached hydrogen (secondary N) is 2. The standard InChI is InChI=1S/C20H21ClN2O6/c1-4-28-20(26)22-14-7-5-6-13(9-14)19(25)29-11-18(24)23-16-8-12(2)15(21)10-17(16)27-3/h5-10H,4,11H2,1-3H3,(H,22,26)(H,23,24). The zero-order valence-corrected chi connectivity index (χ0v) is 17.0. The van der Waals surface area contributed by atoms with Gasteiger partial charge in [-0.15, -0.1) is 0 Å². The van der Waals surface area contributed by atoms with Gasteiger partial charge >= 0.3 is 12.1 Å². The lowest BCUT2D eigenvalue weighted by Crippen LogP contribution is -2.21. The van der Waals surface area contributed by atoms with Crippen LogP contribution in [0.15, 0.2) is 36.4 Å². The predicted octanol–water partition coefficient (Wildman–Crippen LogP) is 4.02. The molecule has 0 atom stereocenters. The maximum atomic E-state index is 12.2. The summed E-state index contributed by atoms with van der Waals surface area (Å²) in [5.41, 5.74) is 1.71. The van der Waals surface area contributed by atoms with Crippen molar-refractivity contribution in [3.05, 3.63) is 52.5 Å². The van der Waals surface area contributed by atoms with Gasteiger partial charge in [0.1, 0.15) is 5.75 Å². The molecule has 0 heterocycles. The van der Waals surface area contributed by atoms with Crippen LogP contribution in [0.25, 0.3) is 0 Å². The number of carbonyl (C=O) groups is 3. The molecule has 0 bridgehead atoms. The van der Waals surface area contributed by atoms with E-state index in [0.717, 1.165) is 5.56 Å². The molecule has 2 aromatic carbocycles. The Morgan fingerprint density at radius 3 is 2.52 bits per heavy atom. The van der Waals surface area contributed by atoms with Crippen molar-refractivity contribution in [3.63, 3.8) is 0 Å². The van der Waals surface area contributed by atoms with Gasteiger partial charge in [-0.2, -0.15) is 0 Å². The monoisotopic (exact) mass is 420 g/mol. The second-order valence-electron chi connectivity index (χ2n) is 5.85. The Bertz CT molecular complexity index is 916. The lowest BCUT2D eigenvalue weighted by molar-refractivity contribution is -0.119. The van der Waals surface area contributed by atoms with Crippen molar-refractivity contribution in [3.8, 4) is 5.75 Å². The highest BCUT2D eigenvalue weighted by Crippen LogP contribution is 2.30. The largest absolute Gasteiger partial charge is 0.495 e. The van der Waals surface area contributed by atoms with Crippen molar-refractivity contribution in [1.29, 1.82) is 0 Å². The molecule has 0 aromatic heterocycles. The maximum absolute atomic E-state index is 12.2. The molecule has 0 spiro atoms. The van der Waals surface area contributed by atoms with Gasteiger partial charge in [-0.25, -0.2) is 9.59 Å². The van der Waals surface area contributed by atoms with E-state index in [9.17, 15) is 14.4 Å². The number of methoxy groups -OCH3 is 1. The highest BCUT2D eigenvalue weighted by Gasteiger charge is 2.14. The minimum Gasteiger partial charge on any atom is -0.495 e. The summed E-state index contributed by atoms with van der Waals surface area (Å²) in [6, 6.07) is 9.33. The van der Waals surface area contributed by atoms with Crippen LogP contribution in [-0.4, -0.2) is 38.3 Å². The number of esters is 1. The number of ether oxygens (including phenoxy) is 3. The average molecular weight is 421 g/mol. The molecule has 29 heavy (non-hydrogen) atoms. The topological polar surface area (TPSA) is 103 Å². The van der Waals surface area contributed by atoms with E-state index in [4.69, 9.17) is 25.8 Å². The Balaban J connectivity index is 1.96. The van der Waals surface area contributed by atoms with Gasteiger partial charge in [0, 0.05) is 16.8 Å². The molecule has 2 aromatic rings. The number of benzene rings is 2. The molecule has 0 unspecified atom stereocenters. The molecule has 0 radical (unpaired) electrons. The van der Waals surface area contributed by atoms with Crippen LogP contribution in [0.3, 0.4) is 0 Å². The minimum atomic E-state index is -0.716. The van der Waals surface area contributed by atoms with Gasteiger partial charge in [0.25, 0.3) is 5.91 Å². The first-order valence-corrected chi connectivity index (χ1v) is 9.06. The number of halogens is 1. The SMILES string of the molecule is CCOC(=O)Nc1cccc(C(=O)OCC(=O)Nc2cc(C)c(Cl)cc2OC)c1. The molecule has 0 fully saturated rings. The molecule has 0 aliphatic heterocycles. The summed E-state index contributed by atoms with van der Waals surface area (Å²) in [4.78, 5) is 35.8. The second-order valence-corrected chi connectivity index (χ2v) is 6.26. The van der Waals surface area contributed by atoms with E-state index in [1.54, 1.807) is 38.1 Å². The van der Waals surface area contributed by atoms with Crippen molar-refractivity contribution < 1.29 is 28.6 Å². The third-order valence-corrected chi connectivity index (χ3v) is 4.12. The van der Waals surface area contributed by atoms with Crippen LogP contribution in [0.4, 0.5) is 16.2 Å². The summed E-state index contributed by atoms with van der Waals surface area (Å²) >= 11 is 6.04. The summed E-state index contributed by atoms with van der Waals surface area (Å²) in [5, 5.41) is 5.60. The van der Waals surface area contributed by atoms with Crippen molar-refractivity contribution in [2.45, 2.75) is 13.8 Å². The van der Waals surface area contributed by atoms with Crippen molar-refractivity contribution in [1.82, 2.24) is 0 Å². The quantitative estimate of drug-likeness (QED) is 0.656. The number of anilines is 2. The normalized spacial score (nSPS) is 10.1. The summed E-state index contributed by atoms with van der Waals surface area (Å²) in [5.74, 6) is -0.871. The van der Waals surface area contributed by atoms with E-state index in [-0.39, 0.29) is 12.2 Å². The van der Waals surface area contributed by atoms with Crippen LogP contribution in [0.1, 0.15) is 22.8 Å². The fourth-order valence-electron chi connectivity index (χ4n) is 2.34. The van der Waals surface area contributed by atoms with Gasteiger partial charge in [0.15, 0.2) is 6.61 Å². The number of rotatable bonds is 7. The molecular formula is C20H21ClN2O6. The summed E-state index contributed by atoms with van der Waals surface area (Å²) < 4.78 is 15.0. The third kappa shape index (κ3) is 6.39. The fourth-order valence-corrected chi connectivity index (χ4v) is 2.49. The number of hydrogen-bond acceptors (Lipinski definition) is 6. The number of carbonyl (C=O) groups excluding carboxylic acids is 3. The van der Waals surface area contributed by atoms with Gasteiger partial charge in [-0.05, 0) is 43.7 Å². The first-order valence-electron chi connectivity index (χ1n) is 8.69. The Kier molecular flexibility index (Phi) is 7.85. The van der Waals surface area contributed by atoms with E-state index in [1.807, 2.05) is 0 Å². The second kappa shape index (κ2) is 10.3. The maximum Gasteiger partial charge on any atom is 0.411 e. The van der Waals surface area contributed by atoms with Crippen LogP contribution in [0, 0.1) is 6.92 Å². The van der Waals surface area contributed by atoms with E-state index >= 15 is 0 Å². The molecule has 8 nitrogen and oxygen atoms in total. The van der Waals surface area contributed by atoms with Crippen LogP contribution < -0.4 is 15.4 Å². The zero-order valence-electron chi connectivity index (χ0n) is 16.2. The summed E-state index contributed by atoms with van der Waals surface area (Å²) in [6.07, 6.45) is -0.635. The third-order valence-electron chi connectivity index (χ3n) is 3.71. The fraction of sp³-hybridized carbons (Fsp3) is 0.250. The minimum absolute atomic E-state index is 0.173. The highest BCUT2D eigenvalue weighted by atomic mass is 35.5. The average Bonchev–Trinajstić information content (AvgIpc) is 2.69. The van der Waals surface area contributed by atoms with Gasteiger partial charge in [0.05, 0.1) is 25.0 Å². The Hall–Kier alpha value is -3.26. The van der Waals surface area contributed by atoms with E-state index in [0.29, 0.717) is 22.1 Å². The number of hydrogen-bond donors (Lipinski definition) is 2. The molecule has 2 rings (SSSR count). The first kappa shape index (κ1) is 22.0. The summed E-state index contributed by atoms with van der Waals surface area (Å²) in [7, 11) is 1.45. The number of amides is 2. The van der Waals surface area contributed by atoms with E-state index < -0.39 is 24.6 Å². The van der Waals surface area contributed by atoms with Crippen molar-refractivity contribution in [2.75, 3.05) is 31.0 Å². The molecule has 154 valence electrons. The van der Waals surface area contributed by atoms with Gasteiger partial charge in [0.2, 0.25) is 0 Å². The smallest absolute Gasteiger partial charge is 0.411 e. The molecule has 2 amide bonds. The van der Waals surface area contributed by atoms with Crippen LogP contribution in [-0.2, 0) is 14.3 Å². The molecule has 0 saturated carbocycles. The van der Waals surface area contributed by atoms with Crippen LogP contribution in [0.5, 0.6) is 5.75 Å². The van der Waals surface area contributed by atoms with Gasteiger partial charge < -0.3 is 19.5 Å². The van der Waals surface area contributed by atoms with Gasteiger partial charge in [-0.1, -0.05) is 17.7 Å². The molecule has 0 aliphatic rings. The molecule has 2 N–H and O–H groups in total. The predicted molar refractivity (Wildman–Crippen MR) is 109 cm³/mol. The van der Waals surface area contributed by atoms with E-state index in [2.05, 4.69) is 10.6 Å². The Morgan fingerprint density at radius 1 is 1.07 bits per heavy atom. The highest BCUT2D eigenvalue weighted by molar-refractivity contribution is 6.31. The van der Waals surface area contributed by atoms with Gasteiger partial charge in [-0.3, -0.25) is 10.1 Å². The van der Waals surface area contributed by atoms with Crippen molar-refractivity contribution in [2.24, 2.45) is 0 Å².